The van der Waals surface area contributed by atoms with Crippen molar-refractivity contribution in [2.24, 2.45) is 0 Å². The monoisotopic (exact) mass is 323 g/mol. The van der Waals surface area contributed by atoms with Crippen molar-refractivity contribution in [1.29, 1.82) is 0 Å². The first-order valence-corrected chi connectivity index (χ1v) is 7.09. The van der Waals surface area contributed by atoms with Crippen LogP contribution in [-0.2, 0) is 19.7 Å². The van der Waals surface area contributed by atoms with E-state index in [4.69, 9.17) is 4.74 Å². The first-order valence-electron chi connectivity index (χ1n) is 6.30. The molecule has 0 aliphatic carbocycles. The van der Waals surface area contributed by atoms with Crippen molar-refractivity contribution in [3.05, 3.63) is 46.2 Å². The smallest absolute Gasteiger partial charge is 0.120 e. The summed E-state index contributed by atoms with van der Waals surface area (Å²) >= 11 is 3.53. The molecule has 0 unspecified atom stereocenters. The average molecular weight is 324 g/mol. The number of benzene rings is 1. The van der Waals surface area contributed by atoms with Crippen molar-refractivity contribution < 1.29 is 4.74 Å². The third-order valence-electron chi connectivity index (χ3n) is 2.80. The summed E-state index contributed by atoms with van der Waals surface area (Å²) in [6.07, 6.45) is 3.85. The molecule has 0 saturated heterocycles. The summed E-state index contributed by atoms with van der Waals surface area (Å²) in [4.78, 5) is 0. The van der Waals surface area contributed by atoms with Gasteiger partial charge in [-0.05, 0) is 37.7 Å². The van der Waals surface area contributed by atoms with Gasteiger partial charge in [0.2, 0.25) is 0 Å². The molecule has 1 aromatic carbocycles. The molecule has 0 amide bonds. The number of aryl methyl sites for hydroxylation is 1. The average Bonchev–Trinajstić information content (AvgIpc) is 2.88. The van der Waals surface area contributed by atoms with Gasteiger partial charge in [-0.25, -0.2) is 0 Å². The molecule has 0 aliphatic rings. The second-order valence-electron chi connectivity index (χ2n) is 4.28. The number of nitrogens with zero attached hydrogens (tertiary/aromatic N) is 2. The Kier molecular flexibility index (Phi) is 4.99. The first kappa shape index (κ1) is 14.1. The lowest BCUT2D eigenvalue weighted by Crippen LogP contribution is -2.06. The van der Waals surface area contributed by atoms with Crippen molar-refractivity contribution in [3.8, 4) is 5.75 Å². The molecule has 1 heterocycles. The Balaban J connectivity index is 2.00. The third kappa shape index (κ3) is 3.81. The van der Waals surface area contributed by atoms with Gasteiger partial charge in [-0.1, -0.05) is 15.9 Å². The van der Waals surface area contributed by atoms with Crippen LogP contribution in [0.5, 0.6) is 5.75 Å². The Morgan fingerprint density at radius 1 is 1.42 bits per heavy atom. The van der Waals surface area contributed by atoms with Crippen molar-refractivity contribution in [3.63, 3.8) is 0 Å². The highest BCUT2D eigenvalue weighted by Gasteiger charge is 2.03. The van der Waals surface area contributed by atoms with Gasteiger partial charge >= 0.3 is 0 Å². The van der Waals surface area contributed by atoms with Crippen LogP contribution in [-0.4, -0.2) is 16.8 Å². The Morgan fingerprint density at radius 3 is 2.95 bits per heavy atom. The standard InChI is InChI=1S/C14H18BrN3O/c1-3-18-9-11(7-17-18)10-19-13-4-5-14(15)12(6-13)8-16-2/h4-7,9,16H,3,8,10H2,1-2H3. The van der Waals surface area contributed by atoms with Crippen LogP contribution in [0, 0.1) is 0 Å². The summed E-state index contributed by atoms with van der Waals surface area (Å²) in [7, 11) is 1.93. The zero-order valence-electron chi connectivity index (χ0n) is 11.2. The topological polar surface area (TPSA) is 39.1 Å². The van der Waals surface area contributed by atoms with E-state index in [-0.39, 0.29) is 0 Å². The number of hydrogen-bond acceptors (Lipinski definition) is 3. The molecule has 5 heteroatoms. The molecule has 0 fully saturated rings. The van der Waals surface area contributed by atoms with Gasteiger partial charge < -0.3 is 10.1 Å². The number of ether oxygens (including phenoxy) is 1. The zero-order chi connectivity index (χ0) is 13.7. The lowest BCUT2D eigenvalue weighted by molar-refractivity contribution is 0.305. The lowest BCUT2D eigenvalue weighted by Gasteiger charge is -2.08. The van der Waals surface area contributed by atoms with Gasteiger partial charge in [0.1, 0.15) is 12.4 Å². The second-order valence-corrected chi connectivity index (χ2v) is 5.13. The van der Waals surface area contributed by atoms with Gasteiger partial charge in [0.25, 0.3) is 0 Å². The van der Waals surface area contributed by atoms with Gasteiger partial charge in [-0.2, -0.15) is 5.10 Å². The van der Waals surface area contributed by atoms with E-state index in [1.165, 1.54) is 5.56 Å². The van der Waals surface area contributed by atoms with Gasteiger partial charge in [0, 0.05) is 29.3 Å². The van der Waals surface area contributed by atoms with E-state index < -0.39 is 0 Å². The molecular weight excluding hydrogens is 306 g/mol. The van der Waals surface area contributed by atoms with Crippen LogP contribution < -0.4 is 10.1 Å². The van der Waals surface area contributed by atoms with E-state index in [0.29, 0.717) is 6.61 Å². The molecule has 0 spiro atoms. The van der Waals surface area contributed by atoms with E-state index in [9.17, 15) is 0 Å². The van der Waals surface area contributed by atoms with Crippen LogP contribution in [0.25, 0.3) is 0 Å². The minimum Gasteiger partial charge on any atom is -0.489 e. The Bertz CT molecular complexity index is 539. The predicted molar refractivity (Wildman–Crippen MR) is 79.1 cm³/mol. The van der Waals surface area contributed by atoms with Gasteiger partial charge in [0.15, 0.2) is 0 Å². The zero-order valence-corrected chi connectivity index (χ0v) is 12.8. The van der Waals surface area contributed by atoms with Crippen LogP contribution in [0.1, 0.15) is 18.1 Å². The highest BCUT2D eigenvalue weighted by Crippen LogP contribution is 2.23. The second kappa shape index (κ2) is 6.73. The summed E-state index contributed by atoms with van der Waals surface area (Å²) in [5, 5.41) is 7.37. The van der Waals surface area contributed by atoms with Crippen molar-refractivity contribution in [2.75, 3.05) is 7.05 Å². The van der Waals surface area contributed by atoms with E-state index in [2.05, 4.69) is 33.3 Å². The van der Waals surface area contributed by atoms with Crippen LogP contribution in [0.3, 0.4) is 0 Å². The molecule has 19 heavy (non-hydrogen) atoms. The molecular formula is C14H18BrN3O. The minimum atomic E-state index is 0.542. The molecule has 0 atom stereocenters. The highest BCUT2D eigenvalue weighted by molar-refractivity contribution is 9.10. The maximum atomic E-state index is 5.79. The molecule has 4 nitrogen and oxygen atoms in total. The molecule has 2 aromatic rings. The highest BCUT2D eigenvalue weighted by atomic mass is 79.9. The van der Waals surface area contributed by atoms with Gasteiger partial charge in [0.05, 0.1) is 6.20 Å². The van der Waals surface area contributed by atoms with Crippen LogP contribution >= 0.6 is 15.9 Å². The Labute approximate surface area is 121 Å². The van der Waals surface area contributed by atoms with Crippen molar-refractivity contribution in [1.82, 2.24) is 15.1 Å². The lowest BCUT2D eigenvalue weighted by atomic mass is 10.2. The summed E-state index contributed by atoms with van der Waals surface area (Å²) in [6, 6.07) is 6.02. The maximum Gasteiger partial charge on any atom is 0.120 e. The molecule has 1 N–H and O–H groups in total. The molecule has 0 saturated carbocycles. The normalized spacial score (nSPS) is 10.7. The first-order chi connectivity index (χ1) is 9.22. The number of aromatic nitrogens is 2. The van der Waals surface area contributed by atoms with Crippen molar-refractivity contribution >= 4 is 15.9 Å². The SMILES string of the molecule is CCn1cc(COc2ccc(Br)c(CNC)c2)cn1. The summed E-state index contributed by atoms with van der Waals surface area (Å²) < 4.78 is 8.78. The van der Waals surface area contributed by atoms with E-state index in [0.717, 1.165) is 28.9 Å². The van der Waals surface area contributed by atoms with Gasteiger partial charge in [-0.3, -0.25) is 4.68 Å². The molecule has 2 rings (SSSR count). The van der Waals surface area contributed by atoms with Crippen LogP contribution in [0.2, 0.25) is 0 Å². The third-order valence-corrected chi connectivity index (χ3v) is 3.57. The molecule has 102 valence electrons. The maximum absolute atomic E-state index is 5.79. The number of rotatable bonds is 6. The summed E-state index contributed by atoms with van der Waals surface area (Å²) in [5.74, 6) is 0.873. The number of halogens is 1. The minimum absolute atomic E-state index is 0.542. The fraction of sp³-hybridized carbons (Fsp3) is 0.357. The van der Waals surface area contributed by atoms with Crippen LogP contribution in [0.15, 0.2) is 35.1 Å². The molecule has 1 aromatic heterocycles. The molecule has 0 bridgehead atoms. The fourth-order valence-electron chi connectivity index (χ4n) is 1.79. The van der Waals surface area contributed by atoms with Crippen LogP contribution in [0.4, 0.5) is 0 Å². The number of nitrogens with one attached hydrogen (secondary N) is 1. The van der Waals surface area contributed by atoms with E-state index >= 15 is 0 Å². The summed E-state index contributed by atoms with van der Waals surface area (Å²) in [5.41, 5.74) is 2.27. The molecule has 0 aliphatic heterocycles. The van der Waals surface area contributed by atoms with Crippen molar-refractivity contribution in [2.45, 2.75) is 26.6 Å². The quantitative estimate of drug-likeness (QED) is 0.888. The predicted octanol–water partition coefficient (Wildman–Crippen LogP) is 2.96. The van der Waals surface area contributed by atoms with E-state index in [1.54, 1.807) is 0 Å². The largest absolute Gasteiger partial charge is 0.489 e. The molecule has 0 radical (unpaired) electrons. The van der Waals surface area contributed by atoms with E-state index in [1.807, 2.05) is 42.3 Å². The number of hydrogen-bond donors (Lipinski definition) is 1. The Hall–Kier alpha value is -1.33. The Morgan fingerprint density at radius 2 is 2.26 bits per heavy atom. The van der Waals surface area contributed by atoms with Gasteiger partial charge in [-0.15, -0.1) is 0 Å². The summed E-state index contributed by atoms with van der Waals surface area (Å²) in [6.45, 7) is 4.30. The fourth-order valence-corrected chi connectivity index (χ4v) is 2.17.